The molecule has 0 bridgehead atoms. The zero-order valence-corrected chi connectivity index (χ0v) is 15.2. The second kappa shape index (κ2) is 6.42. The lowest BCUT2D eigenvalue weighted by Crippen LogP contribution is -2.23. The van der Waals surface area contributed by atoms with E-state index >= 15 is 0 Å². The summed E-state index contributed by atoms with van der Waals surface area (Å²) < 4.78 is 1.93. The number of imidazole rings is 1. The van der Waals surface area contributed by atoms with Gasteiger partial charge in [-0.25, -0.2) is 4.98 Å². The topological polar surface area (TPSA) is 50.5 Å². The smallest absolute Gasteiger partial charge is 0.273 e. The first kappa shape index (κ1) is 16.5. The van der Waals surface area contributed by atoms with Gasteiger partial charge in [-0.15, -0.1) is 0 Å². The van der Waals surface area contributed by atoms with Crippen molar-refractivity contribution >= 4 is 23.2 Å². The van der Waals surface area contributed by atoms with Crippen LogP contribution in [0.3, 0.4) is 0 Å². The first-order chi connectivity index (χ1) is 12.6. The molecule has 1 aliphatic rings. The number of hydrogen-bond acceptors (Lipinski definition) is 3. The van der Waals surface area contributed by atoms with Gasteiger partial charge in [-0.05, 0) is 18.2 Å². The summed E-state index contributed by atoms with van der Waals surface area (Å²) in [6.45, 7) is 0.367. The maximum absolute atomic E-state index is 12.5. The number of fused-ring (bicyclic) bond motifs is 3. The standard InChI is InChI=1S/C20H17ClN4O/c1-24(2)20(26)19-17-11-22-18(13-6-4-3-5-7-13)15-10-14(21)8-9-16(15)25(17)12-23-19/h3-10,12H,11H2,1-2H3. The Morgan fingerprint density at radius 2 is 1.92 bits per heavy atom. The Morgan fingerprint density at radius 1 is 1.15 bits per heavy atom. The van der Waals surface area contributed by atoms with Crippen LogP contribution < -0.4 is 0 Å². The fourth-order valence-electron chi connectivity index (χ4n) is 3.11. The van der Waals surface area contributed by atoms with Gasteiger partial charge in [0, 0.05) is 30.2 Å². The summed E-state index contributed by atoms with van der Waals surface area (Å²) in [4.78, 5) is 23.2. The SMILES string of the molecule is CN(C)C(=O)c1ncn2c1CN=C(c1ccccc1)c1cc(Cl)ccc1-2. The van der Waals surface area contributed by atoms with Gasteiger partial charge in [-0.1, -0.05) is 41.9 Å². The normalized spacial score (nSPS) is 12.7. The van der Waals surface area contributed by atoms with Gasteiger partial charge in [0.15, 0.2) is 5.69 Å². The van der Waals surface area contributed by atoms with E-state index in [4.69, 9.17) is 16.6 Å². The van der Waals surface area contributed by atoms with Crippen LogP contribution in [0.2, 0.25) is 5.02 Å². The minimum absolute atomic E-state index is 0.132. The van der Waals surface area contributed by atoms with Gasteiger partial charge in [0.1, 0.15) is 6.33 Å². The number of benzene rings is 2. The zero-order chi connectivity index (χ0) is 18.3. The maximum atomic E-state index is 12.5. The lowest BCUT2D eigenvalue weighted by atomic mass is 10.0. The monoisotopic (exact) mass is 364 g/mol. The lowest BCUT2D eigenvalue weighted by molar-refractivity contribution is 0.0821. The molecule has 0 unspecified atom stereocenters. The van der Waals surface area contributed by atoms with Crippen LogP contribution in [0.15, 0.2) is 59.9 Å². The summed E-state index contributed by atoms with van der Waals surface area (Å²) in [7, 11) is 3.44. The molecule has 0 aliphatic carbocycles. The summed E-state index contributed by atoms with van der Waals surface area (Å²) in [6.07, 6.45) is 1.68. The molecule has 2 aromatic carbocycles. The van der Waals surface area contributed by atoms with Gasteiger partial charge in [0.05, 0.1) is 23.6 Å². The van der Waals surface area contributed by atoms with E-state index in [1.54, 1.807) is 20.4 Å². The molecule has 0 atom stereocenters. The summed E-state index contributed by atoms with van der Waals surface area (Å²) in [5.74, 6) is -0.132. The average molecular weight is 365 g/mol. The maximum Gasteiger partial charge on any atom is 0.273 e. The van der Waals surface area contributed by atoms with Gasteiger partial charge in [-0.2, -0.15) is 0 Å². The molecule has 0 spiro atoms. The summed E-state index contributed by atoms with van der Waals surface area (Å²) in [6, 6.07) is 15.7. The Labute approximate surface area is 156 Å². The van der Waals surface area contributed by atoms with E-state index < -0.39 is 0 Å². The van der Waals surface area contributed by atoms with Gasteiger partial charge in [0.2, 0.25) is 0 Å². The van der Waals surface area contributed by atoms with Crippen molar-refractivity contribution in [2.45, 2.75) is 6.54 Å². The first-order valence-corrected chi connectivity index (χ1v) is 8.62. The predicted octanol–water partition coefficient (Wildman–Crippen LogP) is 3.58. The molecule has 3 aromatic rings. The molecule has 2 heterocycles. The molecule has 0 saturated heterocycles. The number of aromatic nitrogens is 2. The highest BCUT2D eigenvalue weighted by Gasteiger charge is 2.25. The van der Waals surface area contributed by atoms with E-state index in [-0.39, 0.29) is 5.91 Å². The largest absolute Gasteiger partial charge is 0.343 e. The van der Waals surface area contributed by atoms with Crippen LogP contribution in [0.25, 0.3) is 5.69 Å². The Hall–Kier alpha value is -2.92. The Kier molecular flexibility index (Phi) is 4.09. The summed E-state index contributed by atoms with van der Waals surface area (Å²) in [5, 5.41) is 0.639. The number of hydrogen-bond donors (Lipinski definition) is 0. The van der Waals surface area contributed by atoms with Crippen LogP contribution >= 0.6 is 11.6 Å². The van der Waals surface area contributed by atoms with E-state index in [2.05, 4.69) is 4.98 Å². The third kappa shape index (κ3) is 2.70. The third-order valence-corrected chi connectivity index (χ3v) is 4.62. The van der Waals surface area contributed by atoms with Crippen LogP contribution in [0.4, 0.5) is 0 Å². The second-order valence-corrected chi connectivity index (χ2v) is 6.74. The van der Waals surface area contributed by atoms with E-state index in [9.17, 15) is 4.79 Å². The Balaban J connectivity index is 1.95. The fraction of sp³-hybridized carbons (Fsp3) is 0.150. The molecule has 0 radical (unpaired) electrons. The Bertz CT molecular complexity index is 1020. The highest BCUT2D eigenvalue weighted by molar-refractivity contribution is 6.31. The molecule has 1 aromatic heterocycles. The number of amides is 1. The second-order valence-electron chi connectivity index (χ2n) is 6.30. The molecule has 1 amide bonds. The number of nitrogens with zero attached hydrogens (tertiary/aromatic N) is 4. The first-order valence-electron chi connectivity index (χ1n) is 8.24. The zero-order valence-electron chi connectivity index (χ0n) is 14.5. The fourth-order valence-corrected chi connectivity index (χ4v) is 3.28. The van der Waals surface area contributed by atoms with Crippen molar-refractivity contribution in [3.63, 3.8) is 0 Å². The minimum atomic E-state index is -0.132. The lowest BCUT2D eigenvalue weighted by Gasteiger charge is -2.12. The molecular formula is C20H17ClN4O. The molecule has 5 nitrogen and oxygen atoms in total. The molecule has 0 saturated carbocycles. The van der Waals surface area contributed by atoms with Crippen molar-refractivity contribution in [1.82, 2.24) is 14.5 Å². The van der Waals surface area contributed by atoms with E-state index in [0.29, 0.717) is 17.3 Å². The van der Waals surface area contributed by atoms with Gasteiger partial charge in [-0.3, -0.25) is 14.4 Å². The molecular weight excluding hydrogens is 348 g/mol. The van der Waals surface area contributed by atoms with Crippen molar-refractivity contribution in [2.24, 2.45) is 4.99 Å². The van der Waals surface area contributed by atoms with E-state index in [1.807, 2.05) is 53.1 Å². The summed E-state index contributed by atoms with van der Waals surface area (Å²) in [5.41, 5.74) is 4.90. The van der Waals surface area contributed by atoms with Gasteiger partial charge >= 0.3 is 0 Å². The molecule has 1 aliphatic heterocycles. The number of halogens is 1. The number of rotatable bonds is 2. The molecule has 6 heteroatoms. The highest BCUT2D eigenvalue weighted by atomic mass is 35.5. The van der Waals surface area contributed by atoms with E-state index in [0.717, 1.165) is 28.2 Å². The molecule has 0 N–H and O–H groups in total. The summed E-state index contributed by atoms with van der Waals surface area (Å²) >= 11 is 6.27. The van der Waals surface area contributed by atoms with E-state index in [1.165, 1.54) is 4.90 Å². The van der Waals surface area contributed by atoms with Crippen molar-refractivity contribution in [1.29, 1.82) is 0 Å². The highest BCUT2D eigenvalue weighted by Crippen LogP contribution is 2.29. The van der Waals surface area contributed by atoms with Crippen LogP contribution in [-0.2, 0) is 6.54 Å². The molecule has 130 valence electrons. The number of carbonyl (C=O) groups excluding carboxylic acids is 1. The quantitative estimate of drug-likeness (QED) is 0.698. The minimum Gasteiger partial charge on any atom is -0.343 e. The van der Waals surface area contributed by atoms with Gasteiger partial charge in [0.25, 0.3) is 5.91 Å². The van der Waals surface area contributed by atoms with Crippen LogP contribution in [0, 0.1) is 0 Å². The van der Waals surface area contributed by atoms with Crippen molar-refractivity contribution in [2.75, 3.05) is 14.1 Å². The van der Waals surface area contributed by atoms with Crippen molar-refractivity contribution in [3.05, 3.63) is 82.4 Å². The molecule has 26 heavy (non-hydrogen) atoms. The van der Waals surface area contributed by atoms with Crippen LogP contribution in [0.5, 0.6) is 0 Å². The van der Waals surface area contributed by atoms with Gasteiger partial charge < -0.3 is 4.90 Å². The number of aliphatic imine (C=N–C) groups is 1. The molecule has 4 rings (SSSR count). The molecule has 0 fully saturated rings. The van der Waals surface area contributed by atoms with Crippen LogP contribution in [0.1, 0.15) is 27.3 Å². The van der Waals surface area contributed by atoms with Crippen molar-refractivity contribution in [3.8, 4) is 5.69 Å². The average Bonchev–Trinajstić information content (AvgIpc) is 2.99. The number of carbonyl (C=O) groups is 1. The Morgan fingerprint density at radius 3 is 2.65 bits per heavy atom. The third-order valence-electron chi connectivity index (χ3n) is 4.38. The predicted molar refractivity (Wildman–Crippen MR) is 102 cm³/mol. The van der Waals surface area contributed by atoms with Crippen molar-refractivity contribution < 1.29 is 4.79 Å². The van der Waals surface area contributed by atoms with Crippen LogP contribution in [-0.4, -0.2) is 40.2 Å².